The molecule has 1 aliphatic heterocycles. The minimum atomic E-state index is -2.76. The lowest BCUT2D eigenvalue weighted by Gasteiger charge is -2.42. The smallest absolute Gasteiger partial charge is 0.417 e. The molecule has 1 N–H and O–H groups in total. The van der Waals surface area contributed by atoms with E-state index in [9.17, 15) is 28.0 Å². The maximum absolute atomic E-state index is 14.2. The fourth-order valence-electron chi connectivity index (χ4n) is 7.43. The Morgan fingerprint density at radius 1 is 1.08 bits per heavy atom. The molecule has 3 amide bonds. The molecule has 6 rings (SSSR count). The second kappa shape index (κ2) is 13.4. The number of fused-ring (bicyclic) bond motifs is 1. The molecule has 2 saturated carbocycles. The van der Waals surface area contributed by atoms with Gasteiger partial charge in [0, 0.05) is 38.5 Å². The topological polar surface area (TPSA) is 150 Å². The average Bonchev–Trinajstić information content (AvgIpc) is 3.64. The molecular weight excluding hydrogens is 652 g/mol. The zero-order valence-electron chi connectivity index (χ0n) is 29.2. The van der Waals surface area contributed by atoms with Crippen molar-refractivity contribution in [2.75, 3.05) is 13.7 Å². The number of rotatable bonds is 9. The molecule has 0 radical (unpaired) electrons. The van der Waals surface area contributed by atoms with Gasteiger partial charge in [0.25, 0.3) is 5.91 Å². The zero-order chi connectivity index (χ0) is 36.0. The van der Waals surface area contributed by atoms with Crippen LogP contribution in [0.25, 0.3) is 5.65 Å². The summed E-state index contributed by atoms with van der Waals surface area (Å²) in [6, 6.07) is 4.27. The molecule has 1 saturated heterocycles. The third-order valence-corrected chi connectivity index (χ3v) is 10.1. The summed E-state index contributed by atoms with van der Waals surface area (Å²) in [5, 5.41) is 11.9. The minimum absolute atomic E-state index is 0.112. The number of hydrogen-bond acceptors (Lipinski definition) is 9. The standard InChI is InChI=1S/C35H45F2N7O6/c1-6-43-26(13-16-38-43)29(45)40-28(22-11-14-35(36,37)15-12-22)25-20-44-27(39-25)10-9-24(41-44)18-34(31(47)49-5)17-23(21-7-8-21)19-42(30(34)46)32(48)50-33(2,3)4/h9-10,13,16,20-23,28H,6-8,11-12,14-15,17-19H2,1-5H3,(H,40,45)/t23?,28-,34?/m0/s1. The van der Waals surface area contributed by atoms with Gasteiger partial charge in [-0.1, -0.05) is 0 Å². The number of carbonyl (C=O) groups is 4. The molecule has 3 aromatic heterocycles. The van der Waals surface area contributed by atoms with Crippen LogP contribution in [-0.4, -0.2) is 78.3 Å². The van der Waals surface area contributed by atoms with Crippen LogP contribution in [0.15, 0.2) is 30.6 Å². The van der Waals surface area contributed by atoms with E-state index in [1.54, 1.807) is 49.8 Å². The van der Waals surface area contributed by atoms with E-state index in [1.807, 2.05) is 6.92 Å². The Bertz CT molecular complexity index is 1770. The number of aromatic nitrogens is 5. The number of amides is 3. The third-order valence-electron chi connectivity index (χ3n) is 10.1. The number of aryl methyl sites for hydroxylation is 1. The molecule has 0 bridgehead atoms. The molecule has 270 valence electrons. The van der Waals surface area contributed by atoms with Gasteiger partial charge in [-0.25, -0.2) is 28.0 Å². The predicted octanol–water partition coefficient (Wildman–Crippen LogP) is 5.14. The quantitative estimate of drug-likeness (QED) is 0.237. The molecule has 3 atom stereocenters. The monoisotopic (exact) mass is 697 g/mol. The third kappa shape index (κ3) is 7.22. The summed E-state index contributed by atoms with van der Waals surface area (Å²) in [5.74, 6) is -4.74. The van der Waals surface area contributed by atoms with Crippen LogP contribution in [0.1, 0.15) is 101 Å². The van der Waals surface area contributed by atoms with Crippen LogP contribution in [0, 0.1) is 23.2 Å². The molecule has 0 spiro atoms. The molecule has 3 aliphatic rings. The Hall–Kier alpha value is -4.43. The van der Waals surface area contributed by atoms with Crippen molar-refractivity contribution in [3.8, 4) is 0 Å². The summed E-state index contributed by atoms with van der Waals surface area (Å²) in [5.41, 5.74) is -0.967. The van der Waals surface area contributed by atoms with Crippen molar-refractivity contribution in [1.82, 2.24) is 34.6 Å². The highest BCUT2D eigenvalue weighted by Crippen LogP contribution is 2.48. The van der Waals surface area contributed by atoms with Crippen LogP contribution in [0.5, 0.6) is 0 Å². The van der Waals surface area contributed by atoms with Crippen LogP contribution < -0.4 is 5.32 Å². The van der Waals surface area contributed by atoms with Crippen molar-refractivity contribution >= 4 is 29.5 Å². The first-order valence-electron chi connectivity index (χ1n) is 17.3. The second-order valence-electron chi connectivity index (χ2n) is 14.9. The Morgan fingerprint density at radius 2 is 1.80 bits per heavy atom. The molecule has 15 heteroatoms. The Labute approximate surface area is 289 Å². The van der Waals surface area contributed by atoms with Crippen molar-refractivity contribution < 1.29 is 37.4 Å². The molecule has 2 unspecified atom stereocenters. The molecule has 13 nitrogen and oxygen atoms in total. The number of likely N-dealkylation sites (tertiary alicyclic amines) is 1. The lowest BCUT2D eigenvalue weighted by atomic mass is 9.70. The van der Waals surface area contributed by atoms with Crippen molar-refractivity contribution in [1.29, 1.82) is 0 Å². The number of methoxy groups -OCH3 is 1. The van der Waals surface area contributed by atoms with Gasteiger partial charge in [-0.2, -0.15) is 10.2 Å². The van der Waals surface area contributed by atoms with Gasteiger partial charge < -0.3 is 14.8 Å². The van der Waals surface area contributed by atoms with Gasteiger partial charge in [0.1, 0.15) is 11.3 Å². The number of ether oxygens (including phenoxy) is 2. The maximum atomic E-state index is 14.2. The molecule has 2 aliphatic carbocycles. The first kappa shape index (κ1) is 35.4. The van der Waals surface area contributed by atoms with Crippen molar-refractivity contribution in [3.05, 3.63) is 47.7 Å². The number of alkyl halides is 2. The van der Waals surface area contributed by atoms with Crippen LogP contribution >= 0.6 is 0 Å². The van der Waals surface area contributed by atoms with Crippen LogP contribution in [-0.2, 0) is 32.0 Å². The summed E-state index contributed by atoms with van der Waals surface area (Å²) >= 11 is 0. The number of nitrogens with zero attached hydrogens (tertiary/aromatic N) is 6. The number of hydrogen-bond donors (Lipinski definition) is 1. The van der Waals surface area contributed by atoms with Crippen molar-refractivity contribution in [2.45, 2.75) is 103 Å². The van der Waals surface area contributed by atoms with Crippen LogP contribution in [0.4, 0.5) is 13.6 Å². The van der Waals surface area contributed by atoms with E-state index in [1.165, 1.54) is 17.8 Å². The normalized spacial score (nSPS) is 23.5. The SMILES string of the molecule is CCn1nccc1C(=O)N[C@H](c1cn2nc(CC3(C(=O)OC)CC(C4CC4)CN(C(=O)OC(C)(C)C)C3=O)ccc2n1)C1CCC(F)(F)CC1. The van der Waals surface area contributed by atoms with Crippen molar-refractivity contribution in [2.24, 2.45) is 23.2 Å². The van der Waals surface area contributed by atoms with Gasteiger partial charge >= 0.3 is 12.1 Å². The van der Waals surface area contributed by atoms with Gasteiger partial charge in [-0.3, -0.25) is 19.1 Å². The Morgan fingerprint density at radius 3 is 2.44 bits per heavy atom. The number of imide groups is 1. The molecule has 0 aromatic carbocycles. The van der Waals surface area contributed by atoms with Gasteiger partial charge in [0.2, 0.25) is 11.8 Å². The fraction of sp³-hybridized carbons (Fsp3) is 0.629. The summed E-state index contributed by atoms with van der Waals surface area (Å²) in [4.78, 5) is 60.3. The molecule has 3 aromatic rings. The Balaban J connectivity index is 1.32. The molecule has 3 fully saturated rings. The second-order valence-corrected chi connectivity index (χ2v) is 14.9. The van der Waals surface area contributed by atoms with E-state index in [-0.39, 0.29) is 62.8 Å². The van der Waals surface area contributed by atoms with Crippen molar-refractivity contribution in [3.63, 3.8) is 0 Å². The predicted molar refractivity (Wildman–Crippen MR) is 175 cm³/mol. The number of imidazole rings is 1. The highest BCUT2D eigenvalue weighted by atomic mass is 19.3. The average molecular weight is 698 g/mol. The van der Waals surface area contributed by atoms with E-state index in [2.05, 4.69) is 10.4 Å². The van der Waals surface area contributed by atoms with E-state index in [0.29, 0.717) is 29.3 Å². The van der Waals surface area contributed by atoms with Crippen LogP contribution in [0.3, 0.4) is 0 Å². The van der Waals surface area contributed by atoms with E-state index >= 15 is 0 Å². The van der Waals surface area contributed by atoms with Gasteiger partial charge in [0.05, 0.1) is 30.7 Å². The van der Waals surface area contributed by atoms with E-state index in [0.717, 1.165) is 17.7 Å². The Kier molecular flexibility index (Phi) is 9.46. The van der Waals surface area contributed by atoms with Gasteiger partial charge in [-0.15, -0.1) is 0 Å². The van der Waals surface area contributed by atoms with Gasteiger partial charge in [-0.05, 0) is 95.8 Å². The first-order valence-corrected chi connectivity index (χ1v) is 17.3. The highest BCUT2D eigenvalue weighted by Gasteiger charge is 2.58. The summed E-state index contributed by atoms with van der Waals surface area (Å²) < 4.78 is 42.2. The molecule has 50 heavy (non-hydrogen) atoms. The zero-order valence-corrected chi connectivity index (χ0v) is 29.2. The fourth-order valence-corrected chi connectivity index (χ4v) is 7.43. The number of esters is 1. The lowest BCUT2D eigenvalue weighted by Crippen LogP contribution is -2.59. The number of piperidine rings is 1. The lowest BCUT2D eigenvalue weighted by molar-refractivity contribution is -0.168. The van der Waals surface area contributed by atoms with E-state index in [4.69, 9.17) is 19.6 Å². The highest BCUT2D eigenvalue weighted by molar-refractivity contribution is 6.08. The molecular formula is C35H45F2N7O6. The summed E-state index contributed by atoms with van der Waals surface area (Å²) in [6.07, 6.45) is 4.11. The van der Waals surface area contributed by atoms with Gasteiger partial charge in [0.15, 0.2) is 11.1 Å². The first-order chi connectivity index (χ1) is 23.6. The molecule has 4 heterocycles. The maximum Gasteiger partial charge on any atom is 0.417 e. The number of carbonyl (C=O) groups excluding carboxylic acids is 4. The number of halogens is 2. The summed E-state index contributed by atoms with van der Waals surface area (Å²) in [6.45, 7) is 7.64. The van der Waals surface area contributed by atoms with E-state index < -0.39 is 46.9 Å². The van der Waals surface area contributed by atoms with Crippen LogP contribution in [0.2, 0.25) is 0 Å². The number of nitrogens with one attached hydrogen (secondary N) is 1. The largest absolute Gasteiger partial charge is 0.468 e. The summed E-state index contributed by atoms with van der Waals surface area (Å²) in [7, 11) is 1.22. The minimum Gasteiger partial charge on any atom is -0.468 e.